The van der Waals surface area contributed by atoms with Crippen LogP contribution in [-0.2, 0) is 11.2 Å². The van der Waals surface area contributed by atoms with Gasteiger partial charge in [-0.2, -0.15) is 0 Å². The Morgan fingerprint density at radius 1 is 1.13 bits per heavy atom. The monoisotopic (exact) mass is 228 g/mol. The van der Waals surface area contributed by atoms with Gasteiger partial charge in [0.25, 0.3) is 0 Å². The summed E-state index contributed by atoms with van der Waals surface area (Å²) in [5.74, 6) is 1.54. The molecule has 1 aromatic rings. The van der Waals surface area contributed by atoms with Gasteiger partial charge in [-0.25, -0.2) is 0 Å². The number of hydrogen-bond acceptors (Lipinski definition) is 2. The summed E-state index contributed by atoms with van der Waals surface area (Å²) in [6, 6.07) is 8.01. The van der Waals surface area contributed by atoms with Crippen LogP contribution in [0.3, 0.4) is 0 Å². The molecule has 1 rings (SSSR count). The molecule has 0 bridgehead atoms. The van der Waals surface area contributed by atoms with Crippen molar-refractivity contribution in [2.24, 2.45) is 0 Å². The minimum Gasteiger partial charge on any atom is -0.491 e. The van der Waals surface area contributed by atoms with E-state index in [1.54, 1.807) is 0 Å². The average molecular weight is 229 g/mol. The molecule has 0 heterocycles. The first kappa shape index (κ1) is 12.3. The van der Waals surface area contributed by atoms with E-state index in [9.17, 15) is 0 Å². The molecule has 3 heteroatoms. The van der Waals surface area contributed by atoms with Crippen molar-refractivity contribution in [1.29, 1.82) is 0 Å². The molecule has 0 spiro atoms. The molecule has 0 unspecified atom stereocenters. The van der Waals surface area contributed by atoms with Gasteiger partial charge in [-0.05, 0) is 31.0 Å². The number of aryl methyl sites for hydroxylation is 1. The first-order valence-electron chi connectivity index (χ1n) is 5.22. The van der Waals surface area contributed by atoms with Crippen LogP contribution in [0.1, 0.15) is 12.5 Å². The van der Waals surface area contributed by atoms with Crippen LogP contribution in [0.2, 0.25) is 0 Å². The molecule has 84 valence electrons. The van der Waals surface area contributed by atoms with Crippen LogP contribution in [0.15, 0.2) is 24.3 Å². The standard InChI is InChI=1S/C12H17ClO2/c1-2-14-9-10-15-12-5-3-11(4-6-12)7-8-13/h3-6H,2,7-10H2,1H3. The summed E-state index contributed by atoms with van der Waals surface area (Å²) in [7, 11) is 0. The van der Waals surface area contributed by atoms with E-state index < -0.39 is 0 Å². The van der Waals surface area contributed by atoms with Crippen molar-refractivity contribution in [3.8, 4) is 5.75 Å². The number of rotatable bonds is 7. The topological polar surface area (TPSA) is 18.5 Å². The van der Waals surface area contributed by atoms with E-state index in [4.69, 9.17) is 21.1 Å². The number of benzene rings is 1. The fourth-order valence-electron chi connectivity index (χ4n) is 1.22. The van der Waals surface area contributed by atoms with Crippen LogP contribution < -0.4 is 4.74 Å². The summed E-state index contributed by atoms with van der Waals surface area (Å²) in [5.41, 5.74) is 1.24. The lowest BCUT2D eigenvalue weighted by molar-refractivity contribution is 0.110. The van der Waals surface area contributed by atoms with Crippen molar-refractivity contribution in [2.75, 3.05) is 25.7 Å². The SMILES string of the molecule is CCOCCOc1ccc(CCCl)cc1. The molecule has 2 nitrogen and oxygen atoms in total. The molecule has 0 radical (unpaired) electrons. The van der Waals surface area contributed by atoms with Gasteiger partial charge in [-0.3, -0.25) is 0 Å². The van der Waals surface area contributed by atoms with Crippen LogP contribution in [0.4, 0.5) is 0 Å². The van der Waals surface area contributed by atoms with E-state index in [1.165, 1.54) is 5.56 Å². The molecule has 0 N–H and O–H groups in total. The fraction of sp³-hybridized carbons (Fsp3) is 0.500. The van der Waals surface area contributed by atoms with Crippen molar-refractivity contribution >= 4 is 11.6 Å². The van der Waals surface area contributed by atoms with Gasteiger partial charge >= 0.3 is 0 Å². The van der Waals surface area contributed by atoms with E-state index in [2.05, 4.69) is 0 Å². The van der Waals surface area contributed by atoms with Crippen molar-refractivity contribution < 1.29 is 9.47 Å². The summed E-state index contributed by atoms with van der Waals surface area (Å²) >= 11 is 5.65. The molecule has 1 aromatic carbocycles. The second kappa shape index (κ2) is 7.55. The van der Waals surface area contributed by atoms with E-state index in [0.29, 0.717) is 19.1 Å². The smallest absolute Gasteiger partial charge is 0.119 e. The van der Waals surface area contributed by atoms with Gasteiger partial charge in [-0.1, -0.05) is 12.1 Å². The zero-order chi connectivity index (χ0) is 10.9. The van der Waals surface area contributed by atoms with Gasteiger partial charge in [-0.15, -0.1) is 11.6 Å². The van der Waals surface area contributed by atoms with Crippen molar-refractivity contribution in [1.82, 2.24) is 0 Å². The van der Waals surface area contributed by atoms with Crippen LogP contribution in [0.25, 0.3) is 0 Å². The van der Waals surface area contributed by atoms with Gasteiger partial charge in [0.15, 0.2) is 0 Å². The zero-order valence-electron chi connectivity index (χ0n) is 9.04. The summed E-state index contributed by atoms with van der Waals surface area (Å²) < 4.78 is 10.7. The van der Waals surface area contributed by atoms with Gasteiger partial charge in [0.05, 0.1) is 6.61 Å². The molecule has 0 atom stereocenters. The number of hydrogen-bond donors (Lipinski definition) is 0. The predicted molar refractivity (Wildman–Crippen MR) is 62.9 cm³/mol. The third-order valence-corrected chi connectivity index (χ3v) is 2.20. The average Bonchev–Trinajstić information content (AvgIpc) is 2.27. The Balaban J connectivity index is 2.29. The van der Waals surface area contributed by atoms with Crippen LogP contribution in [-0.4, -0.2) is 25.7 Å². The summed E-state index contributed by atoms with van der Waals surface area (Å²) in [4.78, 5) is 0. The number of ether oxygens (including phenoxy) is 2. The summed E-state index contributed by atoms with van der Waals surface area (Å²) in [6.07, 6.45) is 0.904. The lowest BCUT2D eigenvalue weighted by Gasteiger charge is -2.06. The largest absolute Gasteiger partial charge is 0.491 e. The maximum atomic E-state index is 5.65. The molecule has 0 amide bonds. The zero-order valence-corrected chi connectivity index (χ0v) is 9.80. The molecular weight excluding hydrogens is 212 g/mol. The van der Waals surface area contributed by atoms with E-state index >= 15 is 0 Å². The minimum absolute atomic E-state index is 0.600. The van der Waals surface area contributed by atoms with Crippen LogP contribution >= 0.6 is 11.6 Å². The quantitative estimate of drug-likeness (QED) is 0.528. The molecule has 0 saturated carbocycles. The summed E-state index contributed by atoms with van der Waals surface area (Å²) in [6.45, 7) is 3.95. The van der Waals surface area contributed by atoms with Gasteiger partial charge in [0.1, 0.15) is 12.4 Å². The maximum Gasteiger partial charge on any atom is 0.119 e. The highest BCUT2D eigenvalue weighted by Gasteiger charge is 1.95. The molecular formula is C12H17ClO2. The molecule has 0 saturated heterocycles. The Morgan fingerprint density at radius 3 is 2.47 bits per heavy atom. The molecule has 0 aromatic heterocycles. The normalized spacial score (nSPS) is 10.3. The second-order valence-corrected chi connectivity index (χ2v) is 3.51. The highest BCUT2D eigenvalue weighted by molar-refractivity contribution is 6.17. The van der Waals surface area contributed by atoms with Crippen molar-refractivity contribution in [3.05, 3.63) is 29.8 Å². The minimum atomic E-state index is 0.600. The Hall–Kier alpha value is -0.730. The van der Waals surface area contributed by atoms with Crippen molar-refractivity contribution in [2.45, 2.75) is 13.3 Å². The number of halogens is 1. The predicted octanol–water partition coefficient (Wildman–Crippen LogP) is 2.88. The fourth-order valence-corrected chi connectivity index (χ4v) is 1.44. The van der Waals surface area contributed by atoms with Gasteiger partial charge in [0.2, 0.25) is 0 Å². The maximum absolute atomic E-state index is 5.65. The molecule has 0 aliphatic rings. The Bertz CT molecular complexity index is 259. The summed E-state index contributed by atoms with van der Waals surface area (Å²) in [5, 5.41) is 0. The number of alkyl halides is 1. The second-order valence-electron chi connectivity index (χ2n) is 3.13. The van der Waals surface area contributed by atoms with E-state index in [0.717, 1.165) is 18.8 Å². The van der Waals surface area contributed by atoms with Gasteiger partial charge < -0.3 is 9.47 Å². The third kappa shape index (κ3) is 5.05. The van der Waals surface area contributed by atoms with Crippen LogP contribution in [0.5, 0.6) is 5.75 Å². The van der Waals surface area contributed by atoms with E-state index in [1.807, 2.05) is 31.2 Å². The lowest BCUT2D eigenvalue weighted by Crippen LogP contribution is -2.06. The molecule has 0 fully saturated rings. The highest BCUT2D eigenvalue weighted by Crippen LogP contribution is 2.12. The van der Waals surface area contributed by atoms with E-state index in [-0.39, 0.29) is 0 Å². The third-order valence-electron chi connectivity index (χ3n) is 2.01. The molecule has 15 heavy (non-hydrogen) atoms. The molecule has 0 aliphatic heterocycles. The van der Waals surface area contributed by atoms with Gasteiger partial charge in [0, 0.05) is 12.5 Å². The molecule has 0 aliphatic carbocycles. The highest BCUT2D eigenvalue weighted by atomic mass is 35.5. The Labute approximate surface area is 96.2 Å². The first-order chi connectivity index (χ1) is 7.36. The lowest BCUT2D eigenvalue weighted by atomic mass is 10.2. The Morgan fingerprint density at radius 2 is 1.87 bits per heavy atom. The van der Waals surface area contributed by atoms with Crippen LogP contribution in [0, 0.1) is 0 Å². The first-order valence-corrected chi connectivity index (χ1v) is 5.75. The Kier molecular flexibility index (Phi) is 6.21. The van der Waals surface area contributed by atoms with Crippen molar-refractivity contribution in [3.63, 3.8) is 0 Å².